The second kappa shape index (κ2) is 5.39. The molecule has 1 rings (SSSR count). The molecule has 0 aliphatic heterocycles. The second-order valence-electron chi connectivity index (χ2n) is 2.66. The highest BCUT2D eigenvalue weighted by Gasteiger charge is 2.13. The molecule has 0 spiro atoms. The predicted octanol–water partition coefficient (Wildman–Crippen LogP) is 2.68. The summed E-state index contributed by atoms with van der Waals surface area (Å²) in [5.41, 5.74) is -0.0547. The summed E-state index contributed by atoms with van der Waals surface area (Å²) >= 11 is 6.23. The summed E-state index contributed by atoms with van der Waals surface area (Å²) in [6.07, 6.45) is 0. The van der Waals surface area contributed by atoms with Crippen LogP contribution in [0.4, 0.5) is 14.5 Å². The Balaban J connectivity index is 2.94. The van der Waals surface area contributed by atoms with E-state index in [9.17, 15) is 8.78 Å². The van der Waals surface area contributed by atoms with Crippen LogP contribution in [0.2, 0.25) is 0 Å². The van der Waals surface area contributed by atoms with Crippen LogP contribution in [0.15, 0.2) is 18.2 Å². The number of thiocarbonyl (C=S) groups is 1. The number of nitrogens with zero attached hydrogens (tertiary/aromatic N) is 1. The van der Waals surface area contributed by atoms with E-state index in [1.165, 1.54) is 11.8 Å². The minimum absolute atomic E-state index is 0.0547. The molecule has 0 aromatic heterocycles. The summed E-state index contributed by atoms with van der Waals surface area (Å²) in [5, 5.41) is 0.974. The molecule has 1 aromatic rings. The Labute approximate surface area is 96.4 Å². The molecule has 0 aliphatic carbocycles. The summed E-state index contributed by atoms with van der Waals surface area (Å²) in [6.45, 7) is 1.90. The van der Waals surface area contributed by atoms with Crippen LogP contribution in [0.3, 0.4) is 0 Å². The first-order chi connectivity index (χ1) is 7.06. The van der Waals surface area contributed by atoms with Gasteiger partial charge in [-0.3, -0.25) is 5.01 Å². The van der Waals surface area contributed by atoms with Crippen molar-refractivity contribution in [3.8, 4) is 0 Å². The maximum atomic E-state index is 13.3. The zero-order chi connectivity index (χ0) is 11.4. The lowest BCUT2D eigenvalue weighted by atomic mass is 10.3. The molecule has 0 heterocycles. The molecule has 6 heteroatoms. The largest absolute Gasteiger partial charge is 0.260 e. The third kappa shape index (κ3) is 3.12. The first-order valence-corrected chi connectivity index (χ1v) is 5.62. The predicted molar refractivity (Wildman–Crippen MR) is 63.8 cm³/mol. The van der Waals surface area contributed by atoms with Gasteiger partial charge in [0, 0.05) is 6.07 Å². The third-order valence-corrected chi connectivity index (χ3v) is 2.91. The number of halogens is 2. The van der Waals surface area contributed by atoms with E-state index in [-0.39, 0.29) is 5.69 Å². The number of hydrazine groups is 1. The van der Waals surface area contributed by atoms with E-state index in [4.69, 9.17) is 18.1 Å². The van der Waals surface area contributed by atoms with Crippen LogP contribution in [0.25, 0.3) is 0 Å². The molecule has 2 nitrogen and oxygen atoms in total. The van der Waals surface area contributed by atoms with Gasteiger partial charge in [0.25, 0.3) is 0 Å². The van der Waals surface area contributed by atoms with Crippen molar-refractivity contribution in [1.29, 1.82) is 0 Å². The van der Waals surface area contributed by atoms with Crippen molar-refractivity contribution < 1.29 is 8.78 Å². The monoisotopic (exact) mass is 248 g/mol. The van der Waals surface area contributed by atoms with E-state index in [2.05, 4.69) is 0 Å². The highest BCUT2D eigenvalue weighted by atomic mass is 32.2. The first-order valence-electron chi connectivity index (χ1n) is 4.23. The average Bonchev–Trinajstić information content (AvgIpc) is 2.21. The van der Waals surface area contributed by atoms with Crippen LogP contribution in [0.1, 0.15) is 6.92 Å². The summed E-state index contributed by atoms with van der Waals surface area (Å²) in [4.78, 5) is 0. The molecule has 0 bridgehead atoms. The maximum absolute atomic E-state index is 13.3. The van der Waals surface area contributed by atoms with Crippen LogP contribution >= 0.6 is 24.0 Å². The molecular formula is C9H10F2N2S2. The van der Waals surface area contributed by atoms with Gasteiger partial charge < -0.3 is 0 Å². The molecule has 15 heavy (non-hydrogen) atoms. The Morgan fingerprint density at radius 2 is 2.20 bits per heavy atom. The average molecular weight is 248 g/mol. The van der Waals surface area contributed by atoms with Crippen LogP contribution < -0.4 is 10.9 Å². The second-order valence-corrected chi connectivity index (χ2v) is 4.56. The van der Waals surface area contributed by atoms with Crippen LogP contribution in [0, 0.1) is 11.6 Å². The standard InChI is InChI=1S/C9H10F2N2S2/c1-2-15-9(14)13(12)8-5-6(10)3-4-7(8)11/h3-5H,2,12H2,1H3. The van der Waals surface area contributed by atoms with Crippen molar-refractivity contribution >= 4 is 34.0 Å². The summed E-state index contributed by atoms with van der Waals surface area (Å²) in [6, 6.07) is 3.06. The van der Waals surface area contributed by atoms with Gasteiger partial charge in [0.05, 0.1) is 5.69 Å². The van der Waals surface area contributed by atoms with E-state index >= 15 is 0 Å². The van der Waals surface area contributed by atoms with Crippen molar-refractivity contribution in [3.63, 3.8) is 0 Å². The summed E-state index contributed by atoms with van der Waals surface area (Å²) < 4.78 is 26.4. The molecular weight excluding hydrogens is 238 g/mol. The number of nitrogens with two attached hydrogens (primary N) is 1. The van der Waals surface area contributed by atoms with E-state index in [0.717, 1.165) is 29.0 Å². The van der Waals surface area contributed by atoms with Gasteiger partial charge in [-0.2, -0.15) is 0 Å². The fraction of sp³-hybridized carbons (Fsp3) is 0.222. The normalized spacial score (nSPS) is 10.1. The molecule has 0 fully saturated rings. The Morgan fingerprint density at radius 3 is 2.80 bits per heavy atom. The molecule has 1 aromatic carbocycles. The van der Waals surface area contributed by atoms with Crippen molar-refractivity contribution in [2.24, 2.45) is 5.84 Å². The van der Waals surface area contributed by atoms with Crippen LogP contribution in [-0.4, -0.2) is 10.1 Å². The van der Waals surface area contributed by atoms with Gasteiger partial charge in [-0.25, -0.2) is 14.6 Å². The highest BCUT2D eigenvalue weighted by molar-refractivity contribution is 8.23. The Hall–Kier alpha value is -0.720. The van der Waals surface area contributed by atoms with Crippen LogP contribution in [0.5, 0.6) is 0 Å². The van der Waals surface area contributed by atoms with Gasteiger partial charge in [-0.05, 0) is 17.9 Å². The van der Waals surface area contributed by atoms with E-state index < -0.39 is 11.6 Å². The minimum Gasteiger partial charge on any atom is -0.260 e. The van der Waals surface area contributed by atoms with Gasteiger partial charge in [0.2, 0.25) is 0 Å². The van der Waals surface area contributed by atoms with E-state index in [1.54, 1.807) is 0 Å². The van der Waals surface area contributed by atoms with E-state index in [0.29, 0.717) is 4.32 Å². The van der Waals surface area contributed by atoms with Gasteiger partial charge in [0.15, 0.2) is 4.32 Å². The number of rotatable bonds is 2. The third-order valence-electron chi connectivity index (χ3n) is 1.63. The van der Waals surface area contributed by atoms with Crippen molar-refractivity contribution in [1.82, 2.24) is 0 Å². The lowest BCUT2D eigenvalue weighted by Gasteiger charge is -2.18. The maximum Gasteiger partial charge on any atom is 0.155 e. The molecule has 82 valence electrons. The van der Waals surface area contributed by atoms with E-state index in [1.807, 2.05) is 6.92 Å². The highest BCUT2D eigenvalue weighted by Crippen LogP contribution is 2.21. The summed E-state index contributed by atoms with van der Waals surface area (Å²) in [7, 11) is 0. The molecule has 0 saturated carbocycles. The fourth-order valence-corrected chi connectivity index (χ4v) is 1.90. The lowest BCUT2D eigenvalue weighted by Crippen LogP contribution is -2.35. The quantitative estimate of drug-likeness (QED) is 0.495. The Kier molecular flexibility index (Phi) is 4.44. The van der Waals surface area contributed by atoms with Gasteiger partial charge in [-0.15, -0.1) is 0 Å². The number of hydrogen-bond acceptors (Lipinski definition) is 3. The van der Waals surface area contributed by atoms with Crippen molar-refractivity contribution in [2.75, 3.05) is 10.8 Å². The van der Waals surface area contributed by atoms with Gasteiger partial charge in [0.1, 0.15) is 11.6 Å². The minimum atomic E-state index is -0.599. The topological polar surface area (TPSA) is 29.3 Å². The zero-order valence-electron chi connectivity index (χ0n) is 8.04. The molecule has 0 saturated heterocycles. The number of hydrogen-bond donors (Lipinski definition) is 1. The molecule has 0 amide bonds. The molecule has 0 atom stereocenters. The fourth-order valence-electron chi connectivity index (χ4n) is 0.962. The number of anilines is 1. The first kappa shape index (κ1) is 12.4. The SMILES string of the molecule is CCSC(=S)N(N)c1cc(F)ccc1F. The molecule has 0 radical (unpaired) electrons. The Morgan fingerprint density at radius 1 is 1.53 bits per heavy atom. The van der Waals surface area contributed by atoms with Crippen molar-refractivity contribution in [3.05, 3.63) is 29.8 Å². The van der Waals surface area contributed by atoms with Crippen molar-refractivity contribution in [2.45, 2.75) is 6.92 Å². The van der Waals surface area contributed by atoms with Gasteiger partial charge >= 0.3 is 0 Å². The molecule has 0 unspecified atom stereocenters. The Bertz CT molecular complexity index is 371. The number of thioether (sulfide) groups is 1. The molecule has 2 N–H and O–H groups in total. The smallest absolute Gasteiger partial charge is 0.155 e. The van der Waals surface area contributed by atoms with Crippen LogP contribution in [-0.2, 0) is 0 Å². The lowest BCUT2D eigenvalue weighted by molar-refractivity contribution is 0.600. The molecule has 0 aliphatic rings. The number of benzene rings is 1. The van der Waals surface area contributed by atoms with Gasteiger partial charge in [-0.1, -0.05) is 30.9 Å². The zero-order valence-corrected chi connectivity index (χ0v) is 9.67. The summed E-state index contributed by atoms with van der Waals surface area (Å²) in [5.74, 6) is 5.14.